The highest BCUT2D eigenvalue weighted by atomic mass is 15.4. The number of piperazine rings is 1. The molecule has 0 aromatic rings. The van der Waals surface area contributed by atoms with Crippen molar-refractivity contribution in [3.63, 3.8) is 0 Å². The lowest BCUT2D eigenvalue weighted by Gasteiger charge is -2.60. The van der Waals surface area contributed by atoms with Crippen LogP contribution in [-0.4, -0.2) is 46.6 Å². The number of hydrogen-bond acceptors (Lipinski definition) is 2. The number of hydrogen-bond donors (Lipinski definition) is 0. The Morgan fingerprint density at radius 2 is 1.57 bits per heavy atom. The summed E-state index contributed by atoms with van der Waals surface area (Å²) in [6.45, 7) is 14.2. The van der Waals surface area contributed by atoms with Gasteiger partial charge in [0.1, 0.15) is 0 Å². The minimum absolute atomic E-state index is 0.361. The molecule has 3 aliphatic heterocycles. The summed E-state index contributed by atoms with van der Waals surface area (Å²) >= 11 is 0. The third-order valence-electron chi connectivity index (χ3n) is 3.79. The molecule has 3 rings (SSSR count). The van der Waals surface area contributed by atoms with Crippen molar-refractivity contribution in [3.8, 4) is 0 Å². The smallest absolute Gasteiger partial charge is 0.0244 e. The molecule has 2 unspecified atom stereocenters. The van der Waals surface area contributed by atoms with Gasteiger partial charge in [0.25, 0.3) is 0 Å². The molecule has 0 aromatic carbocycles. The molecule has 0 aromatic heterocycles. The first-order valence-corrected chi connectivity index (χ1v) is 5.92. The Morgan fingerprint density at radius 1 is 1.07 bits per heavy atom. The Bertz CT molecular complexity index is 205. The number of fused-ring (bicyclic) bond motifs is 2. The van der Waals surface area contributed by atoms with Gasteiger partial charge in [-0.2, -0.15) is 0 Å². The molecule has 2 atom stereocenters. The molecule has 0 aliphatic carbocycles. The standard InChI is InChI=1S/C12H24N2/c1-9(2)14-10-6-11(14)8-13(7-10)12(3,4)5/h9-11H,6-8H2,1-5H3. The summed E-state index contributed by atoms with van der Waals surface area (Å²) < 4.78 is 0. The van der Waals surface area contributed by atoms with Crippen LogP contribution in [-0.2, 0) is 0 Å². The van der Waals surface area contributed by atoms with E-state index in [-0.39, 0.29) is 0 Å². The second-order valence-electron chi connectivity index (χ2n) is 6.16. The lowest BCUT2D eigenvalue weighted by molar-refractivity contribution is -0.110. The van der Waals surface area contributed by atoms with Gasteiger partial charge in [-0.15, -0.1) is 0 Å². The predicted molar refractivity (Wildman–Crippen MR) is 60.5 cm³/mol. The van der Waals surface area contributed by atoms with Crippen LogP contribution in [0.1, 0.15) is 41.0 Å². The van der Waals surface area contributed by atoms with Crippen LogP contribution >= 0.6 is 0 Å². The Morgan fingerprint density at radius 3 is 1.93 bits per heavy atom. The summed E-state index contributed by atoms with van der Waals surface area (Å²) in [7, 11) is 0. The first-order valence-electron chi connectivity index (χ1n) is 5.92. The number of piperidine rings is 1. The van der Waals surface area contributed by atoms with E-state index in [1.54, 1.807) is 0 Å². The summed E-state index contributed by atoms with van der Waals surface area (Å²) in [4.78, 5) is 5.34. The van der Waals surface area contributed by atoms with Crippen molar-refractivity contribution < 1.29 is 0 Å². The Labute approximate surface area is 88.3 Å². The van der Waals surface area contributed by atoms with Crippen molar-refractivity contribution in [2.45, 2.75) is 64.7 Å². The predicted octanol–water partition coefficient (Wildman–Crippen LogP) is 1.95. The number of rotatable bonds is 1. The molecule has 0 radical (unpaired) electrons. The van der Waals surface area contributed by atoms with Gasteiger partial charge >= 0.3 is 0 Å². The fourth-order valence-corrected chi connectivity index (χ4v) is 3.03. The third-order valence-corrected chi connectivity index (χ3v) is 3.79. The normalized spacial score (nSPS) is 34.7. The SMILES string of the molecule is CC(C)N1C2CC1CN(C(C)(C)C)C2. The zero-order valence-corrected chi connectivity index (χ0v) is 10.2. The molecular weight excluding hydrogens is 172 g/mol. The lowest BCUT2D eigenvalue weighted by Crippen LogP contribution is -2.72. The van der Waals surface area contributed by atoms with E-state index in [1.807, 2.05) is 0 Å². The van der Waals surface area contributed by atoms with Crippen LogP contribution in [0.15, 0.2) is 0 Å². The Balaban J connectivity index is 1.98. The van der Waals surface area contributed by atoms with E-state index in [2.05, 4.69) is 44.4 Å². The summed E-state index contributed by atoms with van der Waals surface area (Å²) in [5.41, 5.74) is 0.361. The quantitative estimate of drug-likeness (QED) is 0.632. The molecule has 14 heavy (non-hydrogen) atoms. The van der Waals surface area contributed by atoms with Crippen molar-refractivity contribution in [3.05, 3.63) is 0 Å². The van der Waals surface area contributed by atoms with Crippen molar-refractivity contribution in [1.29, 1.82) is 0 Å². The van der Waals surface area contributed by atoms with E-state index in [0.29, 0.717) is 5.54 Å². The van der Waals surface area contributed by atoms with Gasteiger partial charge in [0.05, 0.1) is 0 Å². The highest BCUT2D eigenvalue weighted by Crippen LogP contribution is 2.36. The van der Waals surface area contributed by atoms with E-state index in [0.717, 1.165) is 18.1 Å². The van der Waals surface area contributed by atoms with Crippen LogP contribution in [0.2, 0.25) is 0 Å². The zero-order valence-electron chi connectivity index (χ0n) is 10.2. The lowest BCUT2D eigenvalue weighted by atomic mass is 9.83. The van der Waals surface area contributed by atoms with Gasteiger partial charge in [-0.25, -0.2) is 0 Å². The molecule has 0 N–H and O–H groups in total. The maximum Gasteiger partial charge on any atom is 0.0244 e. The van der Waals surface area contributed by atoms with Crippen LogP contribution < -0.4 is 0 Å². The third kappa shape index (κ3) is 1.59. The minimum atomic E-state index is 0.361. The van der Waals surface area contributed by atoms with E-state index >= 15 is 0 Å². The maximum absolute atomic E-state index is 2.70. The molecule has 3 fully saturated rings. The molecule has 3 saturated heterocycles. The first kappa shape index (κ1) is 10.4. The van der Waals surface area contributed by atoms with Crippen molar-refractivity contribution in [2.24, 2.45) is 0 Å². The van der Waals surface area contributed by atoms with E-state index in [1.165, 1.54) is 19.5 Å². The van der Waals surface area contributed by atoms with E-state index < -0.39 is 0 Å². The summed E-state index contributed by atoms with van der Waals surface area (Å²) in [5, 5.41) is 0. The van der Waals surface area contributed by atoms with Gasteiger partial charge in [0, 0.05) is 36.8 Å². The summed E-state index contributed by atoms with van der Waals surface area (Å²) in [6.07, 6.45) is 1.44. The molecule has 2 nitrogen and oxygen atoms in total. The van der Waals surface area contributed by atoms with Gasteiger partial charge in [-0.05, 0) is 41.0 Å². The Kier molecular flexibility index (Phi) is 2.39. The van der Waals surface area contributed by atoms with Crippen LogP contribution in [0.3, 0.4) is 0 Å². The fraction of sp³-hybridized carbons (Fsp3) is 1.00. The van der Waals surface area contributed by atoms with Crippen molar-refractivity contribution >= 4 is 0 Å². The van der Waals surface area contributed by atoms with E-state index in [4.69, 9.17) is 0 Å². The van der Waals surface area contributed by atoms with Crippen molar-refractivity contribution in [1.82, 2.24) is 9.80 Å². The molecule has 3 aliphatic rings. The molecule has 82 valence electrons. The number of nitrogens with zero attached hydrogens (tertiary/aromatic N) is 2. The topological polar surface area (TPSA) is 6.48 Å². The van der Waals surface area contributed by atoms with Crippen LogP contribution in [0.25, 0.3) is 0 Å². The molecule has 0 spiro atoms. The van der Waals surface area contributed by atoms with Gasteiger partial charge in [0.15, 0.2) is 0 Å². The van der Waals surface area contributed by atoms with Gasteiger partial charge in [0.2, 0.25) is 0 Å². The van der Waals surface area contributed by atoms with Gasteiger partial charge in [-0.1, -0.05) is 0 Å². The molecule has 2 bridgehead atoms. The van der Waals surface area contributed by atoms with Crippen molar-refractivity contribution in [2.75, 3.05) is 13.1 Å². The minimum Gasteiger partial charge on any atom is -0.295 e. The van der Waals surface area contributed by atoms with E-state index in [9.17, 15) is 0 Å². The Hall–Kier alpha value is -0.0800. The highest BCUT2D eigenvalue weighted by Gasteiger charge is 2.47. The fourth-order valence-electron chi connectivity index (χ4n) is 3.03. The molecule has 0 saturated carbocycles. The first-order chi connectivity index (χ1) is 6.39. The van der Waals surface area contributed by atoms with Crippen LogP contribution in [0, 0.1) is 0 Å². The average molecular weight is 196 g/mol. The average Bonchev–Trinajstić information content (AvgIpc) is 2.01. The maximum atomic E-state index is 2.70. The van der Waals surface area contributed by atoms with Gasteiger partial charge < -0.3 is 0 Å². The van der Waals surface area contributed by atoms with Gasteiger partial charge in [-0.3, -0.25) is 9.80 Å². The monoisotopic (exact) mass is 196 g/mol. The molecular formula is C12H24N2. The molecule has 2 heteroatoms. The summed E-state index contributed by atoms with van der Waals surface area (Å²) in [6, 6.07) is 2.42. The molecule has 3 heterocycles. The van der Waals surface area contributed by atoms with Crippen LogP contribution in [0.5, 0.6) is 0 Å². The summed E-state index contributed by atoms with van der Waals surface area (Å²) in [5.74, 6) is 0. The second-order valence-corrected chi connectivity index (χ2v) is 6.16. The largest absolute Gasteiger partial charge is 0.295 e. The van der Waals surface area contributed by atoms with Crippen LogP contribution in [0.4, 0.5) is 0 Å². The zero-order chi connectivity index (χ0) is 10.5. The molecule has 0 amide bonds. The second kappa shape index (κ2) is 3.21. The highest BCUT2D eigenvalue weighted by molar-refractivity contribution is 5.04.